The summed E-state index contributed by atoms with van der Waals surface area (Å²) in [6.45, 7) is 7.96. The summed E-state index contributed by atoms with van der Waals surface area (Å²) in [5.74, 6) is 1.46. The number of benzene rings is 2. The SMILES string of the molecule is CC[C@H](Oc1cccc(C)c1C)C(=O)N[C@@H](C)c1ccc(OC)cc1. The predicted molar refractivity (Wildman–Crippen MR) is 100 cm³/mol. The molecule has 2 aromatic rings. The highest BCUT2D eigenvalue weighted by Crippen LogP contribution is 2.23. The summed E-state index contributed by atoms with van der Waals surface area (Å²) < 4.78 is 11.1. The first-order chi connectivity index (χ1) is 12.0. The van der Waals surface area contributed by atoms with E-state index in [0.717, 1.165) is 28.2 Å². The molecule has 2 atom stereocenters. The monoisotopic (exact) mass is 341 g/mol. The van der Waals surface area contributed by atoms with E-state index in [1.54, 1.807) is 7.11 Å². The van der Waals surface area contributed by atoms with Gasteiger partial charge in [-0.25, -0.2) is 0 Å². The highest BCUT2D eigenvalue weighted by atomic mass is 16.5. The quantitative estimate of drug-likeness (QED) is 0.814. The van der Waals surface area contributed by atoms with Crippen LogP contribution in [0.5, 0.6) is 11.5 Å². The van der Waals surface area contributed by atoms with Crippen LogP contribution in [0.3, 0.4) is 0 Å². The van der Waals surface area contributed by atoms with Crippen LogP contribution in [0.4, 0.5) is 0 Å². The van der Waals surface area contributed by atoms with E-state index in [-0.39, 0.29) is 11.9 Å². The number of methoxy groups -OCH3 is 1. The number of amides is 1. The number of nitrogens with one attached hydrogen (secondary N) is 1. The van der Waals surface area contributed by atoms with Crippen LogP contribution < -0.4 is 14.8 Å². The normalized spacial score (nSPS) is 13.0. The lowest BCUT2D eigenvalue weighted by molar-refractivity contribution is -0.128. The van der Waals surface area contributed by atoms with Gasteiger partial charge in [-0.3, -0.25) is 4.79 Å². The summed E-state index contributed by atoms with van der Waals surface area (Å²) in [6.07, 6.45) is 0.0929. The Morgan fingerprint density at radius 1 is 1.12 bits per heavy atom. The van der Waals surface area contributed by atoms with Crippen molar-refractivity contribution in [3.05, 3.63) is 59.2 Å². The van der Waals surface area contributed by atoms with Crippen molar-refractivity contribution in [2.45, 2.75) is 46.3 Å². The Hall–Kier alpha value is -2.49. The van der Waals surface area contributed by atoms with E-state index in [2.05, 4.69) is 5.32 Å². The Balaban J connectivity index is 2.04. The van der Waals surface area contributed by atoms with Gasteiger partial charge in [0.05, 0.1) is 13.2 Å². The van der Waals surface area contributed by atoms with E-state index in [1.165, 1.54) is 0 Å². The second-order valence-electron chi connectivity index (χ2n) is 6.22. The standard InChI is InChI=1S/C21H27NO3/c1-6-19(25-20-9-7-8-14(2)15(20)3)21(23)22-16(4)17-10-12-18(24-5)13-11-17/h7-13,16,19H,6H2,1-5H3,(H,22,23)/t16-,19-/m0/s1. The number of hydrogen-bond donors (Lipinski definition) is 1. The fourth-order valence-electron chi connectivity index (χ4n) is 2.61. The van der Waals surface area contributed by atoms with Crippen molar-refractivity contribution in [2.75, 3.05) is 7.11 Å². The first kappa shape index (κ1) is 18.8. The van der Waals surface area contributed by atoms with Crippen LogP contribution >= 0.6 is 0 Å². The van der Waals surface area contributed by atoms with Gasteiger partial charge in [-0.05, 0) is 62.1 Å². The minimum atomic E-state index is -0.513. The Morgan fingerprint density at radius 2 is 1.80 bits per heavy atom. The summed E-state index contributed by atoms with van der Waals surface area (Å²) in [5.41, 5.74) is 3.24. The van der Waals surface area contributed by atoms with Crippen molar-refractivity contribution in [1.82, 2.24) is 5.32 Å². The fraction of sp³-hybridized carbons (Fsp3) is 0.381. The molecule has 4 nitrogen and oxygen atoms in total. The van der Waals surface area contributed by atoms with Gasteiger partial charge in [0.15, 0.2) is 6.10 Å². The molecule has 25 heavy (non-hydrogen) atoms. The number of rotatable bonds is 7. The van der Waals surface area contributed by atoms with Crippen LogP contribution in [0, 0.1) is 13.8 Å². The second-order valence-corrected chi connectivity index (χ2v) is 6.22. The molecule has 0 unspecified atom stereocenters. The second kappa shape index (κ2) is 8.56. The fourth-order valence-corrected chi connectivity index (χ4v) is 2.61. The maximum Gasteiger partial charge on any atom is 0.261 e. The zero-order valence-electron chi connectivity index (χ0n) is 15.6. The Morgan fingerprint density at radius 3 is 2.40 bits per heavy atom. The maximum atomic E-state index is 12.6. The van der Waals surface area contributed by atoms with Crippen molar-refractivity contribution in [1.29, 1.82) is 0 Å². The third kappa shape index (κ3) is 4.75. The van der Waals surface area contributed by atoms with Crippen LogP contribution in [-0.4, -0.2) is 19.1 Å². The summed E-state index contributed by atoms with van der Waals surface area (Å²) in [7, 11) is 1.64. The van der Waals surface area contributed by atoms with Crippen LogP contribution in [0.2, 0.25) is 0 Å². The molecule has 2 aromatic carbocycles. The molecule has 0 aromatic heterocycles. The highest BCUT2D eigenvalue weighted by molar-refractivity contribution is 5.81. The summed E-state index contributed by atoms with van der Waals surface area (Å²) >= 11 is 0. The summed E-state index contributed by atoms with van der Waals surface area (Å²) in [5, 5.41) is 3.03. The molecule has 0 saturated heterocycles. The number of hydrogen-bond acceptors (Lipinski definition) is 3. The predicted octanol–water partition coefficient (Wildman–Crippen LogP) is 4.35. The molecule has 1 N–H and O–H groups in total. The minimum Gasteiger partial charge on any atom is -0.497 e. The van der Waals surface area contributed by atoms with E-state index < -0.39 is 6.10 Å². The van der Waals surface area contributed by atoms with E-state index in [4.69, 9.17) is 9.47 Å². The Labute approximate surface area is 150 Å². The molecule has 0 fully saturated rings. The van der Waals surface area contributed by atoms with Gasteiger partial charge in [0.2, 0.25) is 0 Å². The Kier molecular flexibility index (Phi) is 6.45. The summed E-state index contributed by atoms with van der Waals surface area (Å²) in [6, 6.07) is 13.5. The zero-order valence-corrected chi connectivity index (χ0v) is 15.6. The molecule has 0 spiro atoms. The molecular formula is C21H27NO3. The van der Waals surface area contributed by atoms with Gasteiger partial charge in [0.1, 0.15) is 11.5 Å². The van der Waals surface area contributed by atoms with Gasteiger partial charge in [-0.1, -0.05) is 31.2 Å². The van der Waals surface area contributed by atoms with Gasteiger partial charge >= 0.3 is 0 Å². The van der Waals surface area contributed by atoms with Crippen LogP contribution in [0.15, 0.2) is 42.5 Å². The molecular weight excluding hydrogens is 314 g/mol. The van der Waals surface area contributed by atoms with E-state index in [1.807, 2.05) is 70.2 Å². The van der Waals surface area contributed by atoms with Crippen LogP contribution in [0.25, 0.3) is 0 Å². The van der Waals surface area contributed by atoms with Crippen molar-refractivity contribution < 1.29 is 14.3 Å². The number of ether oxygens (including phenoxy) is 2. The molecule has 0 bridgehead atoms. The minimum absolute atomic E-state index is 0.102. The van der Waals surface area contributed by atoms with E-state index in [0.29, 0.717) is 6.42 Å². The topological polar surface area (TPSA) is 47.6 Å². The zero-order chi connectivity index (χ0) is 18.4. The van der Waals surface area contributed by atoms with Crippen molar-refractivity contribution in [2.24, 2.45) is 0 Å². The van der Waals surface area contributed by atoms with Gasteiger partial charge in [0, 0.05) is 0 Å². The number of carbonyl (C=O) groups excluding carboxylic acids is 1. The average Bonchev–Trinajstić information content (AvgIpc) is 2.62. The first-order valence-electron chi connectivity index (χ1n) is 8.63. The number of carbonyl (C=O) groups is 1. The summed E-state index contributed by atoms with van der Waals surface area (Å²) in [4.78, 5) is 12.6. The third-order valence-electron chi connectivity index (χ3n) is 4.46. The van der Waals surface area contributed by atoms with Crippen molar-refractivity contribution in [3.8, 4) is 11.5 Å². The number of aryl methyl sites for hydroxylation is 1. The first-order valence-corrected chi connectivity index (χ1v) is 8.63. The van der Waals surface area contributed by atoms with E-state index >= 15 is 0 Å². The lowest BCUT2D eigenvalue weighted by atomic mass is 10.1. The molecule has 0 aliphatic heterocycles. The molecule has 0 aliphatic rings. The Bertz CT molecular complexity index is 710. The molecule has 4 heteroatoms. The van der Waals surface area contributed by atoms with Gasteiger partial charge in [-0.15, -0.1) is 0 Å². The molecule has 134 valence electrons. The molecule has 0 heterocycles. The van der Waals surface area contributed by atoms with Crippen LogP contribution in [-0.2, 0) is 4.79 Å². The van der Waals surface area contributed by atoms with Crippen molar-refractivity contribution in [3.63, 3.8) is 0 Å². The van der Waals surface area contributed by atoms with Gasteiger partial charge < -0.3 is 14.8 Å². The van der Waals surface area contributed by atoms with Crippen LogP contribution in [0.1, 0.15) is 43.0 Å². The van der Waals surface area contributed by atoms with Crippen molar-refractivity contribution >= 4 is 5.91 Å². The molecule has 0 saturated carbocycles. The molecule has 1 amide bonds. The smallest absolute Gasteiger partial charge is 0.261 e. The average molecular weight is 341 g/mol. The van der Waals surface area contributed by atoms with Gasteiger partial charge in [-0.2, -0.15) is 0 Å². The molecule has 0 radical (unpaired) electrons. The van der Waals surface area contributed by atoms with E-state index in [9.17, 15) is 4.79 Å². The lowest BCUT2D eigenvalue weighted by Gasteiger charge is -2.22. The third-order valence-corrected chi connectivity index (χ3v) is 4.46. The lowest BCUT2D eigenvalue weighted by Crippen LogP contribution is -2.39. The largest absolute Gasteiger partial charge is 0.497 e. The molecule has 0 aliphatic carbocycles. The maximum absolute atomic E-state index is 12.6. The van der Waals surface area contributed by atoms with Gasteiger partial charge in [0.25, 0.3) is 5.91 Å². The molecule has 2 rings (SSSR count). The highest BCUT2D eigenvalue weighted by Gasteiger charge is 2.21.